The maximum absolute atomic E-state index is 14.6. The summed E-state index contributed by atoms with van der Waals surface area (Å²) in [6, 6.07) is 4.84. The lowest BCUT2D eigenvalue weighted by atomic mass is 10.1. The number of ether oxygens (including phenoxy) is 2. The molecule has 1 N–H and O–H groups in total. The fourth-order valence-electron chi connectivity index (χ4n) is 3.28. The van der Waals surface area contributed by atoms with Gasteiger partial charge in [-0.05, 0) is 25.1 Å². The number of H-pyrrole nitrogens is 1. The van der Waals surface area contributed by atoms with Gasteiger partial charge >= 0.3 is 6.09 Å². The smallest absolute Gasteiger partial charge is 0.414 e. The predicted octanol–water partition coefficient (Wildman–Crippen LogP) is 1.66. The number of amides is 1. The van der Waals surface area contributed by atoms with Gasteiger partial charge in [0.05, 0.1) is 42.5 Å². The summed E-state index contributed by atoms with van der Waals surface area (Å²) in [6.07, 6.45) is -0.346. The molecule has 0 saturated carbocycles. The zero-order valence-corrected chi connectivity index (χ0v) is 14.4. The number of hydrogen-bond acceptors (Lipinski definition) is 6. The number of nitrogens with one attached hydrogen (secondary N) is 1. The van der Waals surface area contributed by atoms with Gasteiger partial charge in [-0.15, -0.1) is 0 Å². The molecule has 2 fully saturated rings. The summed E-state index contributed by atoms with van der Waals surface area (Å²) in [5.74, 6) is -0.354. The van der Waals surface area contributed by atoms with E-state index in [0.717, 1.165) is 11.4 Å². The van der Waals surface area contributed by atoms with Gasteiger partial charge in [-0.1, -0.05) is 0 Å². The number of aromatic amines is 1. The summed E-state index contributed by atoms with van der Waals surface area (Å²) in [6.45, 7) is 4.67. The normalized spacial score (nSPS) is 20.5. The molecule has 0 radical (unpaired) electrons. The number of anilines is 2. The number of benzene rings is 1. The molecule has 26 heavy (non-hydrogen) atoms. The highest BCUT2D eigenvalue weighted by Gasteiger charge is 2.33. The van der Waals surface area contributed by atoms with Gasteiger partial charge in [0, 0.05) is 19.5 Å². The molecule has 1 aromatic heterocycles. The van der Waals surface area contributed by atoms with E-state index < -0.39 is 6.09 Å². The van der Waals surface area contributed by atoms with Gasteiger partial charge in [0.2, 0.25) is 0 Å². The highest BCUT2D eigenvalue weighted by atomic mass is 19.1. The third kappa shape index (κ3) is 3.22. The summed E-state index contributed by atoms with van der Waals surface area (Å²) >= 11 is 0. The van der Waals surface area contributed by atoms with Crippen molar-refractivity contribution >= 4 is 17.5 Å². The first-order valence-corrected chi connectivity index (χ1v) is 8.58. The van der Waals surface area contributed by atoms with Crippen LogP contribution in [-0.2, 0) is 15.9 Å². The zero-order valence-electron chi connectivity index (χ0n) is 14.4. The number of morpholine rings is 1. The van der Waals surface area contributed by atoms with Crippen molar-refractivity contribution in [1.29, 1.82) is 0 Å². The van der Waals surface area contributed by atoms with Crippen LogP contribution in [0.15, 0.2) is 18.2 Å². The van der Waals surface area contributed by atoms with Gasteiger partial charge < -0.3 is 14.4 Å². The number of hydrogen-bond donors (Lipinski definition) is 1. The maximum atomic E-state index is 14.6. The standard InChI is InChI=1S/C17H20FN5O3/c1-11-15(20-21-19-11)9-13-10-23(17(24)26-13)12-2-3-16(14(18)8-12)22-4-6-25-7-5-22/h2-3,8,13H,4-7,9-10H2,1H3,(H,19,20,21)/t13-/m0/s1. The topological polar surface area (TPSA) is 83.6 Å². The van der Waals surface area contributed by atoms with Crippen LogP contribution in [0, 0.1) is 12.7 Å². The van der Waals surface area contributed by atoms with E-state index in [2.05, 4.69) is 15.4 Å². The van der Waals surface area contributed by atoms with Gasteiger partial charge in [0.25, 0.3) is 0 Å². The molecule has 0 bridgehead atoms. The number of rotatable bonds is 4. The van der Waals surface area contributed by atoms with Crippen molar-refractivity contribution < 1.29 is 18.7 Å². The molecule has 1 aromatic carbocycles. The minimum Gasteiger partial charge on any atom is -0.444 e. The van der Waals surface area contributed by atoms with Crippen molar-refractivity contribution in [1.82, 2.24) is 15.4 Å². The molecule has 2 aromatic rings. The largest absolute Gasteiger partial charge is 0.444 e. The van der Waals surface area contributed by atoms with Crippen molar-refractivity contribution in [2.24, 2.45) is 0 Å². The van der Waals surface area contributed by atoms with Crippen LogP contribution < -0.4 is 9.80 Å². The Morgan fingerprint density at radius 3 is 2.81 bits per heavy atom. The molecule has 0 spiro atoms. The molecule has 0 unspecified atom stereocenters. The van der Waals surface area contributed by atoms with Gasteiger partial charge in [-0.25, -0.2) is 9.18 Å². The van der Waals surface area contributed by atoms with Crippen LogP contribution in [0.1, 0.15) is 11.4 Å². The molecule has 8 nitrogen and oxygen atoms in total. The van der Waals surface area contributed by atoms with Gasteiger partial charge in [0.15, 0.2) is 0 Å². The first-order chi connectivity index (χ1) is 12.6. The number of aryl methyl sites for hydroxylation is 1. The van der Waals surface area contributed by atoms with E-state index in [0.29, 0.717) is 50.6 Å². The second-order valence-corrected chi connectivity index (χ2v) is 6.41. The van der Waals surface area contributed by atoms with Crippen LogP contribution in [0.5, 0.6) is 0 Å². The van der Waals surface area contributed by atoms with E-state index in [1.165, 1.54) is 11.0 Å². The lowest BCUT2D eigenvalue weighted by Crippen LogP contribution is -2.36. The predicted molar refractivity (Wildman–Crippen MR) is 91.9 cm³/mol. The molecular weight excluding hydrogens is 341 g/mol. The van der Waals surface area contributed by atoms with Gasteiger partial charge in [-0.2, -0.15) is 15.4 Å². The summed E-state index contributed by atoms with van der Waals surface area (Å²) in [5.41, 5.74) is 2.56. The highest BCUT2D eigenvalue weighted by Crippen LogP contribution is 2.29. The van der Waals surface area contributed by atoms with E-state index in [4.69, 9.17) is 9.47 Å². The minimum absolute atomic E-state index is 0.340. The Morgan fingerprint density at radius 2 is 2.12 bits per heavy atom. The van der Waals surface area contributed by atoms with E-state index in [-0.39, 0.29) is 11.9 Å². The Morgan fingerprint density at radius 1 is 1.31 bits per heavy atom. The highest BCUT2D eigenvalue weighted by molar-refractivity contribution is 5.90. The molecule has 4 rings (SSSR count). The molecule has 2 aliphatic heterocycles. The molecule has 1 atom stereocenters. The molecule has 2 saturated heterocycles. The number of carbonyl (C=O) groups excluding carboxylic acids is 1. The number of halogens is 1. The molecule has 138 valence electrons. The summed E-state index contributed by atoms with van der Waals surface area (Å²) in [7, 11) is 0. The van der Waals surface area contributed by atoms with Crippen LogP contribution in [0.3, 0.4) is 0 Å². The van der Waals surface area contributed by atoms with Crippen LogP contribution in [0.25, 0.3) is 0 Å². The fourth-order valence-corrected chi connectivity index (χ4v) is 3.28. The summed E-state index contributed by atoms with van der Waals surface area (Å²) < 4.78 is 25.3. The third-order valence-electron chi connectivity index (χ3n) is 4.71. The Bertz CT molecular complexity index is 805. The molecule has 1 amide bonds. The van der Waals surface area contributed by atoms with Crippen molar-refractivity contribution in [2.45, 2.75) is 19.4 Å². The van der Waals surface area contributed by atoms with Gasteiger partial charge in [-0.3, -0.25) is 4.90 Å². The van der Waals surface area contributed by atoms with Gasteiger partial charge in [0.1, 0.15) is 11.9 Å². The monoisotopic (exact) mass is 361 g/mol. The number of carbonyl (C=O) groups is 1. The van der Waals surface area contributed by atoms with Crippen LogP contribution >= 0.6 is 0 Å². The SMILES string of the molecule is Cc1n[nH]nc1C[C@H]1CN(c2ccc(N3CCOCC3)c(F)c2)C(=O)O1. The molecular formula is C17H20FN5O3. The van der Waals surface area contributed by atoms with Crippen molar-refractivity contribution in [3.8, 4) is 0 Å². The van der Waals surface area contributed by atoms with Crippen molar-refractivity contribution in [3.05, 3.63) is 35.4 Å². The van der Waals surface area contributed by atoms with E-state index in [1.807, 2.05) is 11.8 Å². The lowest BCUT2D eigenvalue weighted by molar-refractivity contribution is 0.122. The number of aromatic nitrogens is 3. The molecule has 2 aliphatic rings. The van der Waals surface area contributed by atoms with E-state index in [9.17, 15) is 9.18 Å². The second kappa shape index (κ2) is 6.91. The Hall–Kier alpha value is -2.68. The van der Waals surface area contributed by atoms with Crippen molar-refractivity contribution in [2.75, 3.05) is 42.6 Å². The average molecular weight is 361 g/mol. The summed E-state index contributed by atoms with van der Waals surface area (Å²) in [4.78, 5) is 15.6. The summed E-state index contributed by atoms with van der Waals surface area (Å²) in [5, 5.41) is 10.6. The molecule has 9 heteroatoms. The zero-order chi connectivity index (χ0) is 18.1. The quantitative estimate of drug-likeness (QED) is 0.892. The first kappa shape index (κ1) is 16.8. The lowest BCUT2D eigenvalue weighted by Gasteiger charge is -2.29. The second-order valence-electron chi connectivity index (χ2n) is 6.41. The molecule has 0 aliphatic carbocycles. The third-order valence-corrected chi connectivity index (χ3v) is 4.71. The molecule has 3 heterocycles. The van der Waals surface area contributed by atoms with Crippen LogP contribution in [-0.4, -0.2) is 60.5 Å². The van der Waals surface area contributed by atoms with Crippen LogP contribution in [0.2, 0.25) is 0 Å². The Kier molecular flexibility index (Phi) is 4.46. The van der Waals surface area contributed by atoms with E-state index in [1.54, 1.807) is 12.1 Å². The average Bonchev–Trinajstić information content (AvgIpc) is 3.21. The number of cyclic esters (lactones) is 1. The minimum atomic E-state index is -0.477. The Balaban J connectivity index is 1.47. The van der Waals surface area contributed by atoms with Crippen molar-refractivity contribution in [3.63, 3.8) is 0 Å². The maximum Gasteiger partial charge on any atom is 0.414 e. The Labute approximate surface area is 149 Å². The van der Waals surface area contributed by atoms with Crippen LogP contribution in [0.4, 0.5) is 20.6 Å². The number of nitrogens with zero attached hydrogens (tertiary/aromatic N) is 4. The first-order valence-electron chi connectivity index (χ1n) is 8.58. The van der Waals surface area contributed by atoms with E-state index >= 15 is 0 Å². The fraction of sp³-hybridized carbons (Fsp3) is 0.471.